The van der Waals surface area contributed by atoms with Crippen LogP contribution in [0.15, 0.2) is 30.3 Å². The van der Waals surface area contributed by atoms with Gasteiger partial charge in [0.2, 0.25) is 0 Å². The highest BCUT2D eigenvalue weighted by Crippen LogP contribution is 2.35. The summed E-state index contributed by atoms with van der Waals surface area (Å²) in [7, 11) is 0. The van der Waals surface area contributed by atoms with Crippen LogP contribution in [0.5, 0.6) is 5.75 Å². The molecule has 0 radical (unpaired) electrons. The number of fused-ring (bicyclic) bond motifs is 1. The van der Waals surface area contributed by atoms with Gasteiger partial charge in [-0.25, -0.2) is 9.37 Å². The highest BCUT2D eigenvalue weighted by molar-refractivity contribution is 6.32. The van der Waals surface area contributed by atoms with Crippen molar-refractivity contribution in [2.45, 2.75) is 52.9 Å². The van der Waals surface area contributed by atoms with Crippen LogP contribution in [0.4, 0.5) is 4.39 Å². The van der Waals surface area contributed by atoms with Gasteiger partial charge in [0.1, 0.15) is 24.4 Å². The molecule has 0 bridgehead atoms. The maximum atomic E-state index is 13.6. The largest absolute Gasteiger partial charge is 0.489 e. The van der Waals surface area contributed by atoms with Crippen molar-refractivity contribution in [3.63, 3.8) is 0 Å². The minimum atomic E-state index is -0.540. The lowest BCUT2D eigenvalue weighted by atomic mass is 10.1. The number of ether oxygens (including phenoxy) is 2. The number of pyridine rings is 1. The highest BCUT2D eigenvalue weighted by atomic mass is 35.5. The molecule has 3 aromatic rings. The summed E-state index contributed by atoms with van der Waals surface area (Å²) in [6.45, 7) is 8.18. The number of imidazole rings is 1. The van der Waals surface area contributed by atoms with E-state index < -0.39 is 12.8 Å². The Hall–Kier alpha value is -2.44. The molecule has 0 N–H and O–H groups in total. The van der Waals surface area contributed by atoms with Gasteiger partial charge in [0.25, 0.3) is 0 Å². The molecule has 1 aliphatic rings. The maximum absolute atomic E-state index is 13.6. The summed E-state index contributed by atoms with van der Waals surface area (Å²) in [5.74, 6) is 1.38. The van der Waals surface area contributed by atoms with Gasteiger partial charge in [-0.05, 0) is 58.0 Å². The Balaban J connectivity index is 1.86. The molecule has 0 saturated heterocycles. The molecular weight excluding hydrogens is 417 g/mol. The van der Waals surface area contributed by atoms with E-state index in [-0.39, 0.29) is 6.10 Å². The van der Waals surface area contributed by atoms with Crippen molar-refractivity contribution in [2.24, 2.45) is 0 Å². The Labute approximate surface area is 187 Å². The standard InChI is InChI=1S/C24H27ClFN3O2/c1-14(2)31-22-6-5-17(11-20(22)25)24-28-23(18-9-15(3)27-16(4)10-18)21-7-8-30-19(12-26)13-29(21)24/h5-6,9-11,14,19H,7-8,12-13H2,1-4H3. The first kappa shape index (κ1) is 21.8. The zero-order valence-electron chi connectivity index (χ0n) is 18.3. The normalized spacial score (nSPS) is 16.3. The summed E-state index contributed by atoms with van der Waals surface area (Å²) in [5, 5.41) is 0.521. The van der Waals surface area contributed by atoms with Gasteiger partial charge >= 0.3 is 0 Å². The average molecular weight is 444 g/mol. The number of nitrogens with zero attached hydrogens (tertiary/aromatic N) is 3. The Morgan fingerprint density at radius 2 is 1.90 bits per heavy atom. The molecule has 7 heteroatoms. The summed E-state index contributed by atoms with van der Waals surface area (Å²) < 4.78 is 27.1. The van der Waals surface area contributed by atoms with E-state index in [1.807, 2.05) is 58.0 Å². The summed E-state index contributed by atoms with van der Waals surface area (Å²) >= 11 is 6.51. The van der Waals surface area contributed by atoms with Gasteiger partial charge in [0, 0.05) is 34.6 Å². The molecule has 164 valence electrons. The number of rotatable bonds is 5. The van der Waals surface area contributed by atoms with Gasteiger partial charge in [-0.2, -0.15) is 0 Å². The Bertz CT molecular complexity index is 1080. The predicted molar refractivity (Wildman–Crippen MR) is 121 cm³/mol. The minimum absolute atomic E-state index is 0.0262. The van der Waals surface area contributed by atoms with Crippen molar-refractivity contribution in [1.29, 1.82) is 0 Å². The monoisotopic (exact) mass is 443 g/mol. The molecule has 0 spiro atoms. The van der Waals surface area contributed by atoms with Crippen LogP contribution in [0.2, 0.25) is 5.02 Å². The van der Waals surface area contributed by atoms with E-state index in [4.69, 9.17) is 26.1 Å². The first-order chi connectivity index (χ1) is 14.9. The summed E-state index contributed by atoms with van der Waals surface area (Å²) in [6, 6.07) is 9.73. The van der Waals surface area contributed by atoms with Crippen LogP contribution in [0, 0.1) is 13.8 Å². The van der Waals surface area contributed by atoms with E-state index in [0.29, 0.717) is 30.3 Å². The Morgan fingerprint density at radius 3 is 2.55 bits per heavy atom. The van der Waals surface area contributed by atoms with Crippen LogP contribution in [-0.2, 0) is 17.7 Å². The number of alkyl halides is 1. The van der Waals surface area contributed by atoms with Gasteiger partial charge in [0.05, 0.1) is 30.0 Å². The van der Waals surface area contributed by atoms with Crippen molar-refractivity contribution in [3.8, 4) is 28.4 Å². The average Bonchev–Trinajstić information content (AvgIpc) is 2.92. The fourth-order valence-corrected chi connectivity index (χ4v) is 4.25. The third-order valence-electron chi connectivity index (χ3n) is 5.23. The van der Waals surface area contributed by atoms with Crippen LogP contribution in [-0.4, -0.2) is 40.0 Å². The van der Waals surface area contributed by atoms with Gasteiger partial charge < -0.3 is 14.0 Å². The van der Waals surface area contributed by atoms with Crippen LogP contribution in [0.3, 0.4) is 0 Å². The fraction of sp³-hybridized carbons (Fsp3) is 0.417. The van der Waals surface area contributed by atoms with Gasteiger partial charge in [-0.15, -0.1) is 0 Å². The number of hydrogen-bond acceptors (Lipinski definition) is 4. The van der Waals surface area contributed by atoms with E-state index in [1.165, 1.54) is 0 Å². The first-order valence-corrected chi connectivity index (χ1v) is 10.9. The van der Waals surface area contributed by atoms with Crippen LogP contribution in [0.25, 0.3) is 22.6 Å². The van der Waals surface area contributed by atoms with Crippen LogP contribution < -0.4 is 4.74 Å². The molecular formula is C24H27ClFN3O2. The predicted octanol–water partition coefficient (Wildman–Crippen LogP) is 5.58. The smallest absolute Gasteiger partial charge is 0.141 e. The lowest BCUT2D eigenvalue weighted by molar-refractivity contribution is 0.0355. The number of benzene rings is 1. The molecule has 31 heavy (non-hydrogen) atoms. The number of aromatic nitrogens is 3. The van der Waals surface area contributed by atoms with Crippen molar-refractivity contribution in [2.75, 3.05) is 13.3 Å². The fourth-order valence-electron chi connectivity index (χ4n) is 4.02. The molecule has 1 aromatic carbocycles. The molecule has 0 amide bonds. The third-order valence-corrected chi connectivity index (χ3v) is 5.53. The molecule has 0 aliphatic carbocycles. The minimum Gasteiger partial charge on any atom is -0.489 e. The molecule has 5 nitrogen and oxygen atoms in total. The summed E-state index contributed by atoms with van der Waals surface area (Å²) in [4.78, 5) is 9.50. The molecule has 1 unspecified atom stereocenters. The third kappa shape index (κ3) is 4.60. The zero-order chi connectivity index (χ0) is 22.1. The van der Waals surface area contributed by atoms with Gasteiger partial charge in [0.15, 0.2) is 0 Å². The molecule has 3 heterocycles. The molecule has 4 rings (SSSR count). The number of aryl methyl sites for hydroxylation is 2. The van der Waals surface area contributed by atoms with Crippen LogP contribution in [0.1, 0.15) is 30.9 Å². The summed E-state index contributed by atoms with van der Waals surface area (Å²) in [6.07, 6.45) is 0.182. The second-order valence-electron chi connectivity index (χ2n) is 8.19. The van der Waals surface area contributed by atoms with E-state index >= 15 is 0 Å². The van der Waals surface area contributed by atoms with Gasteiger partial charge in [-0.1, -0.05) is 11.6 Å². The van der Waals surface area contributed by atoms with Crippen molar-refractivity contribution < 1.29 is 13.9 Å². The molecule has 0 fully saturated rings. The first-order valence-electron chi connectivity index (χ1n) is 10.5. The lowest BCUT2D eigenvalue weighted by Gasteiger charge is -2.15. The number of hydrogen-bond donors (Lipinski definition) is 0. The van der Waals surface area contributed by atoms with Gasteiger partial charge in [-0.3, -0.25) is 4.98 Å². The van der Waals surface area contributed by atoms with Crippen molar-refractivity contribution in [1.82, 2.24) is 14.5 Å². The number of halogens is 2. The van der Waals surface area contributed by atoms with Crippen molar-refractivity contribution in [3.05, 3.63) is 52.4 Å². The van der Waals surface area contributed by atoms with E-state index in [0.717, 1.165) is 39.7 Å². The highest BCUT2D eigenvalue weighted by Gasteiger charge is 2.26. The topological polar surface area (TPSA) is 49.2 Å². The van der Waals surface area contributed by atoms with E-state index in [9.17, 15) is 4.39 Å². The molecule has 2 aromatic heterocycles. The second kappa shape index (κ2) is 8.97. The second-order valence-corrected chi connectivity index (χ2v) is 8.60. The zero-order valence-corrected chi connectivity index (χ0v) is 19.0. The Kier molecular flexibility index (Phi) is 6.30. The molecule has 0 saturated carbocycles. The van der Waals surface area contributed by atoms with Crippen molar-refractivity contribution >= 4 is 11.6 Å². The maximum Gasteiger partial charge on any atom is 0.141 e. The molecule has 1 atom stereocenters. The van der Waals surface area contributed by atoms with E-state index in [2.05, 4.69) is 9.55 Å². The Morgan fingerprint density at radius 1 is 1.16 bits per heavy atom. The molecule has 1 aliphatic heterocycles. The quantitative estimate of drug-likeness (QED) is 0.516. The summed E-state index contributed by atoms with van der Waals surface area (Å²) in [5.41, 5.74) is 5.64. The SMILES string of the molecule is Cc1cc(-c2nc(-c3ccc(OC(C)C)c(Cl)c3)n3c2CCOC(CF)C3)cc(C)n1. The van der Waals surface area contributed by atoms with E-state index in [1.54, 1.807) is 0 Å². The lowest BCUT2D eigenvalue weighted by Crippen LogP contribution is -2.21. The van der Waals surface area contributed by atoms with Crippen LogP contribution >= 0.6 is 11.6 Å².